The molecule has 0 fully saturated rings. The van der Waals surface area contributed by atoms with E-state index in [1.807, 2.05) is 26.0 Å². The number of aliphatic hydroxyl groups is 1. The van der Waals surface area contributed by atoms with Crippen molar-refractivity contribution in [1.82, 2.24) is 15.6 Å². The summed E-state index contributed by atoms with van der Waals surface area (Å²) in [6, 6.07) is 15.5. The molecule has 0 aliphatic carbocycles. The SMILES string of the molecule is CCc1cccc(CNCC(O)C(Cc2cc(F)cc(F)c2)NC(=O)c2ccc3nc(C(C)C)oc3c2)c1. The van der Waals surface area contributed by atoms with Crippen molar-refractivity contribution in [3.05, 3.63) is 100 Å². The molecule has 4 aromatic rings. The van der Waals surface area contributed by atoms with Crippen LogP contribution in [0.2, 0.25) is 0 Å². The maximum atomic E-state index is 13.8. The Balaban J connectivity index is 1.49. The Morgan fingerprint density at radius 3 is 2.45 bits per heavy atom. The van der Waals surface area contributed by atoms with Gasteiger partial charge >= 0.3 is 0 Å². The Morgan fingerprint density at radius 1 is 1.00 bits per heavy atom. The zero-order chi connectivity index (χ0) is 27.2. The Labute approximate surface area is 221 Å². The third-order valence-corrected chi connectivity index (χ3v) is 6.40. The number of aromatic nitrogens is 1. The average Bonchev–Trinajstić information content (AvgIpc) is 3.32. The van der Waals surface area contributed by atoms with Gasteiger partial charge in [0.25, 0.3) is 5.91 Å². The molecule has 8 heteroatoms. The van der Waals surface area contributed by atoms with Crippen LogP contribution in [0.4, 0.5) is 8.78 Å². The molecule has 2 unspecified atom stereocenters. The Kier molecular flexibility index (Phi) is 8.86. The molecule has 1 heterocycles. The van der Waals surface area contributed by atoms with Crippen LogP contribution in [0.1, 0.15) is 59.6 Å². The molecular formula is C30H33F2N3O3. The van der Waals surface area contributed by atoms with E-state index in [9.17, 15) is 18.7 Å². The quantitative estimate of drug-likeness (QED) is 0.250. The third-order valence-electron chi connectivity index (χ3n) is 6.40. The Bertz CT molecular complexity index is 1380. The predicted molar refractivity (Wildman–Crippen MR) is 143 cm³/mol. The minimum absolute atomic E-state index is 0.0383. The van der Waals surface area contributed by atoms with Crippen LogP contribution in [-0.4, -0.2) is 34.7 Å². The summed E-state index contributed by atoms with van der Waals surface area (Å²) in [5.74, 6) is -1.20. The van der Waals surface area contributed by atoms with Crippen molar-refractivity contribution >= 4 is 17.0 Å². The zero-order valence-electron chi connectivity index (χ0n) is 21.8. The van der Waals surface area contributed by atoms with E-state index in [0.29, 0.717) is 34.7 Å². The Hall–Kier alpha value is -3.62. The van der Waals surface area contributed by atoms with Crippen LogP contribution in [0.3, 0.4) is 0 Å². The van der Waals surface area contributed by atoms with Crippen LogP contribution in [0.15, 0.2) is 65.1 Å². The fourth-order valence-electron chi connectivity index (χ4n) is 4.31. The second-order valence-corrected chi connectivity index (χ2v) is 9.82. The van der Waals surface area contributed by atoms with Gasteiger partial charge in [-0.15, -0.1) is 0 Å². The molecule has 0 aliphatic heterocycles. The smallest absolute Gasteiger partial charge is 0.251 e. The molecule has 4 rings (SSSR count). The summed E-state index contributed by atoms with van der Waals surface area (Å²) in [6.45, 7) is 6.71. The number of rotatable bonds is 11. The van der Waals surface area contributed by atoms with Gasteiger partial charge in [-0.25, -0.2) is 13.8 Å². The maximum absolute atomic E-state index is 13.8. The fraction of sp³-hybridized carbons (Fsp3) is 0.333. The zero-order valence-corrected chi connectivity index (χ0v) is 21.8. The van der Waals surface area contributed by atoms with Crippen LogP contribution in [-0.2, 0) is 19.4 Å². The topological polar surface area (TPSA) is 87.4 Å². The molecule has 6 nitrogen and oxygen atoms in total. The lowest BCUT2D eigenvalue weighted by molar-refractivity contribution is 0.0830. The van der Waals surface area contributed by atoms with Gasteiger partial charge in [-0.3, -0.25) is 4.79 Å². The van der Waals surface area contributed by atoms with Crippen LogP contribution in [0.5, 0.6) is 0 Å². The van der Waals surface area contributed by atoms with Gasteiger partial charge in [0.05, 0.1) is 12.1 Å². The van der Waals surface area contributed by atoms with Gasteiger partial charge < -0.3 is 20.2 Å². The molecule has 1 amide bonds. The van der Waals surface area contributed by atoms with Crippen LogP contribution in [0.25, 0.3) is 11.1 Å². The van der Waals surface area contributed by atoms with Gasteiger partial charge in [0.1, 0.15) is 17.2 Å². The number of oxazole rings is 1. The van der Waals surface area contributed by atoms with Crippen LogP contribution >= 0.6 is 0 Å². The molecule has 0 saturated carbocycles. The average molecular weight is 522 g/mol. The van der Waals surface area contributed by atoms with Crippen LogP contribution < -0.4 is 10.6 Å². The van der Waals surface area contributed by atoms with Crippen molar-refractivity contribution in [3.8, 4) is 0 Å². The summed E-state index contributed by atoms with van der Waals surface area (Å²) in [5.41, 5.74) is 4.08. The van der Waals surface area contributed by atoms with Crippen molar-refractivity contribution in [2.45, 2.75) is 58.2 Å². The number of nitrogens with one attached hydrogen (secondary N) is 2. The molecular weight excluding hydrogens is 488 g/mol. The minimum Gasteiger partial charge on any atom is -0.440 e. The molecule has 3 N–H and O–H groups in total. The molecule has 0 saturated heterocycles. The number of hydrogen-bond acceptors (Lipinski definition) is 5. The molecule has 0 spiro atoms. The summed E-state index contributed by atoms with van der Waals surface area (Å²) in [4.78, 5) is 17.6. The second kappa shape index (κ2) is 12.3. The van der Waals surface area contributed by atoms with E-state index in [1.54, 1.807) is 18.2 Å². The van der Waals surface area contributed by atoms with Crippen molar-refractivity contribution in [3.63, 3.8) is 0 Å². The molecule has 38 heavy (non-hydrogen) atoms. The van der Waals surface area contributed by atoms with Gasteiger partial charge in [0.2, 0.25) is 0 Å². The van der Waals surface area contributed by atoms with E-state index in [0.717, 1.165) is 18.1 Å². The number of carbonyl (C=O) groups excluding carboxylic acids is 1. The number of benzene rings is 3. The minimum atomic E-state index is -1.03. The number of nitrogens with zero attached hydrogens (tertiary/aromatic N) is 1. The summed E-state index contributed by atoms with van der Waals surface area (Å²) < 4.78 is 33.5. The van der Waals surface area contributed by atoms with Gasteiger partial charge in [-0.1, -0.05) is 45.0 Å². The van der Waals surface area contributed by atoms with E-state index >= 15 is 0 Å². The lowest BCUT2D eigenvalue weighted by atomic mass is 10.00. The van der Waals surface area contributed by atoms with Crippen LogP contribution in [0, 0.1) is 11.6 Å². The third kappa shape index (κ3) is 7.02. The lowest BCUT2D eigenvalue weighted by Crippen LogP contribution is -2.48. The molecule has 0 bridgehead atoms. The van der Waals surface area contributed by atoms with E-state index < -0.39 is 29.7 Å². The van der Waals surface area contributed by atoms with Crippen molar-refractivity contribution in [1.29, 1.82) is 0 Å². The van der Waals surface area contributed by atoms with Gasteiger partial charge in [-0.05, 0) is 59.9 Å². The standard InChI is InChI=1S/C30H33F2N3O3/c1-4-19-6-5-7-20(10-19)16-33-17-27(36)26(13-21-11-23(31)15-24(32)12-21)34-29(37)22-8-9-25-28(14-22)38-30(35-25)18(2)3/h5-12,14-15,18,26-27,33,36H,4,13,16-17H2,1-3H3,(H,34,37). The first kappa shape index (κ1) is 27.4. The van der Waals surface area contributed by atoms with E-state index in [-0.39, 0.29) is 18.9 Å². The fourth-order valence-corrected chi connectivity index (χ4v) is 4.31. The number of aryl methyl sites for hydroxylation is 1. The lowest BCUT2D eigenvalue weighted by Gasteiger charge is -2.25. The highest BCUT2D eigenvalue weighted by atomic mass is 19.1. The molecule has 200 valence electrons. The summed E-state index contributed by atoms with van der Waals surface area (Å²) in [7, 11) is 0. The van der Waals surface area contributed by atoms with E-state index in [2.05, 4.69) is 34.7 Å². The van der Waals surface area contributed by atoms with Gasteiger partial charge in [0, 0.05) is 30.6 Å². The normalized spacial score (nSPS) is 13.1. The molecule has 1 aromatic heterocycles. The molecule has 2 atom stereocenters. The first-order chi connectivity index (χ1) is 18.2. The highest BCUT2D eigenvalue weighted by Gasteiger charge is 2.23. The molecule has 0 aliphatic rings. The highest BCUT2D eigenvalue weighted by molar-refractivity contribution is 5.97. The first-order valence-electron chi connectivity index (χ1n) is 12.8. The molecule has 3 aromatic carbocycles. The molecule has 0 radical (unpaired) electrons. The van der Waals surface area contributed by atoms with Crippen molar-refractivity contribution < 1.29 is 23.1 Å². The Morgan fingerprint density at radius 2 is 1.74 bits per heavy atom. The number of amides is 1. The summed E-state index contributed by atoms with van der Waals surface area (Å²) in [5, 5.41) is 17.1. The van der Waals surface area contributed by atoms with Gasteiger partial charge in [-0.2, -0.15) is 0 Å². The first-order valence-corrected chi connectivity index (χ1v) is 12.8. The van der Waals surface area contributed by atoms with Crippen molar-refractivity contribution in [2.24, 2.45) is 0 Å². The van der Waals surface area contributed by atoms with E-state index in [1.165, 1.54) is 17.7 Å². The maximum Gasteiger partial charge on any atom is 0.251 e. The predicted octanol–water partition coefficient (Wildman–Crippen LogP) is 5.28. The number of fused-ring (bicyclic) bond motifs is 1. The number of carbonyl (C=O) groups is 1. The number of aliphatic hydroxyl groups excluding tert-OH is 1. The van der Waals surface area contributed by atoms with E-state index in [4.69, 9.17) is 4.42 Å². The summed E-state index contributed by atoms with van der Waals surface area (Å²) >= 11 is 0. The van der Waals surface area contributed by atoms with Crippen molar-refractivity contribution in [2.75, 3.05) is 6.54 Å². The number of hydrogen-bond donors (Lipinski definition) is 3. The summed E-state index contributed by atoms with van der Waals surface area (Å²) in [6.07, 6.45) is -0.0643. The van der Waals surface area contributed by atoms with Gasteiger partial charge in [0.15, 0.2) is 11.5 Å². The second-order valence-electron chi connectivity index (χ2n) is 9.82. The number of halogens is 2. The monoisotopic (exact) mass is 521 g/mol. The highest BCUT2D eigenvalue weighted by Crippen LogP contribution is 2.22. The largest absolute Gasteiger partial charge is 0.440 e.